The van der Waals surface area contributed by atoms with Crippen molar-refractivity contribution in [2.75, 3.05) is 44.3 Å². The van der Waals surface area contributed by atoms with Crippen LogP contribution in [0.25, 0.3) is 11.0 Å². The summed E-state index contributed by atoms with van der Waals surface area (Å²) in [7, 11) is 0. The molecule has 2 saturated heterocycles. The molecule has 0 saturated carbocycles. The van der Waals surface area contributed by atoms with E-state index in [4.69, 9.17) is 26.2 Å². The van der Waals surface area contributed by atoms with Crippen molar-refractivity contribution in [3.05, 3.63) is 11.5 Å². The lowest BCUT2D eigenvalue weighted by molar-refractivity contribution is -0.192. The van der Waals surface area contributed by atoms with Gasteiger partial charge in [0.2, 0.25) is 5.28 Å². The van der Waals surface area contributed by atoms with Crippen LogP contribution in [-0.2, 0) is 9.53 Å². The van der Waals surface area contributed by atoms with Gasteiger partial charge in [0.05, 0.1) is 30.8 Å². The summed E-state index contributed by atoms with van der Waals surface area (Å²) in [6.07, 6.45) is -1.09. The SMILES string of the molecule is Clc1nc(N2CCOCC2)c2cnn(C3CCNCC3)c2n1.O=C(O)C(F)(F)F. The smallest absolute Gasteiger partial charge is 0.475 e. The zero-order chi connectivity index (χ0) is 21.0. The fourth-order valence-corrected chi connectivity index (χ4v) is 3.38. The quantitative estimate of drug-likeness (QED) is 0.687. The van der Waals surface area contributed by atoms with Crippen LogP contribution in [0.4, 0.5) is 19.0 Å². The van der Waals surface area contributed by atoms with Crippen molar-refractivity contribution in [1.82, 2.24) is 25.1 Å². The number of nitrogens with one attached hydrogen (secondary N) is 1. The van der Waals surface area contributed by atoms with Crippen molar-refractivity contribution in [1.29, 1.82) is 0 Å². The predicted octanol–water partition coefficient (Wildman–Crippen LogP) is 1.87. The standard InChI is InChI=1S/C14H19ClN6O.C2HF3O2/c15-14-18-12(20-5-7-22-8-6-20)11-9-17-21(13(11)19-14)10-1-3-16-4-2-10;3-2(4,5)1(6)7/h9-10,16H,1-8H2;(H,6,7). The number of nitrogens with zero attached hydrogens (tertiary/aromatic N) is 5. The summed E-state index contributed by atoms with van der Waals surface area (Å²) >= 11 is 6.18. The Labute approximate surface area is 168 Å². The second-order valence-corrected chi connectivity index (χ2v) is 6.86. The average molecular weight is 437 g/mol. The Balaban J connectivity index is 0.000000298. The van der Waals surface area contributed by atoms with Crippen molar-refractivity contribution >= 4 is 34.4 Å². The van der Waals surface area contributed by atoms with Crippen molar-refractivity contribution in [2.24, 2.45) is 0 Å². The van der Waals surface area contributed by atoms with E-state index < -0.39 is 12.1 Å². The molecule has 0 aliphatic carbocycles. The molecule has 13 heteroatoms. The lowest BCUT2D eigenvalue weighted by Crippen LogP contribution is -2.37. The van der Waals surface area contributed by atoms with Crippen molar-refractivity contribution in [2.45, 2.75) is 25.1 Å². The predicted molar refractivity (Wildman–Crippen MR) is 98.2 cm³/mol. The first kappa shape index (κ1) is 21.5. The van der Waals surface area contributed by atoms with Gasteiger partial charge in [-0.3, -0.25) is 0 Å². The lowest BCUT2D eigenvalue weighted by atomic mass is 10.1. The van der Waals surface area contributed by atoms with Crippen LogP contribution < -0.4 is 10.2 Å². The van der Waals surface area contributed by atoms with Gasteiger partial charge in [0.15, 0.2) is 5.65 Å². The van der Waals surface area contributed by atoms with Gasteiger partial charge in [0, 0.05) is 13.1 Å². The number of fused-ring (bicyclic) bond motifs is 1. The molecule has 2 aliphatic heterocycles. The molecule has 0 radical (unpaired) electrons. The number of aromatic nitrogens is 4. The van der Waals surface area contributed by atoms with Gasteiger partial charge in [-0.25, -0.2) is 9.48 Å². The minimum absolute atomic E-state index is 0.282. The van der Waals surface area contributed by atoms with E-state index in [1.54, 1.807) is 0 Å². The first-order chi connectivity index (χ1) is 13.8. The van der Waals surface area contributed by atoms with E-state index in [0.717, 1.165) is 55.9 Å². The van der Waals surface area contributed by atoms with Gasteiger partial charge >= 0.3 is 12.1 Å². The second-order valence-electron chi connectivity index (χ2n) is 6.53. The van der Waals surface area contributed by atoms with E-state index in [2.05, 4.69) is 25.3 Å². The minimum atomic E-state index is -5.08. The number of hydrogen-bond donors (Lipinski definition) is 2. The summed E-state index contributed by atoms with van der Waals surface area (Å²) < 4.78 is 39.2. The van der Waals surface area contributed by atoms with E-state index in [1.807, 2.05) is 10.9 Å². The molecule has 0 aromatic carbocycles. The van der Waals surface area contributed by atoms with Crippen LogP contribution >= 0.6 is 11.6 Å². The number of aliphatic carboxylic acids is 1. The molecule has 0 unspecified atom stereocenters. The molecule has 160 valence electrons. The highest BCUT2D eigenvalue weighted by atomic mass is 35.5. The summed E-state index contributed by atoms with van der Waals surface area (Å²) in [5, 5.41) is 16.3. The molecule has 0 amide bonds. The van der Waals surface area contributed by atoms with Gasteiger partial charge in [-0.1, -0.05) is 0 Å². The van der Waals surface area contributed by atoms with Gasteiger partial charge in [-0.15, -0.1) is 0 Å². The fourth-order valence-electron chi connectivity index (χ4n) is 3.22. The van der Waals surface area contributed by atoms with E-state index in [-0.39, 0.29) is 5.28 Å². The number of rotatable bonds is 2. The third kappa shape index (κ3) is 5.25. The maximum absolute atomic E-state index is 10.6. The highest BCUT2D eigenvalue weighted by molar-refractivity contribution is 6.28. The Kier molecular flexibility index (Phi) is 6.75. The van der Waals surface area contributed by atoms with Crippen LogP contribution in [0.1, 0.15) is 18.9 Å². The Bertz CT molecular complexity index is 850. The number of piperidine rings is 1. The van der Waals surface area contributed by atoms with Gasteiger partial charge in [0.25, 0.3) is 0 Å². The zero-order valence-electron chi connectivity index (χ0n) is 15.3. The summed E-state index contributed by atoms with van der Waals surface area (Å²) in [5.74, 6) is -1.88. The van der Waals surface area contributed by atoms with Crippen LogP contribution in [0.15, 0.2) is 6.20 Å². The number of halogens is 4. The number of carboxylic acid groups (broad SMARTS) is 1. The van der Waals surface area contributed by atoms with Gasteiger partial charge in [-0.05, 0) is 37.5 Å². The third-order valence-electron chi connectivity index (χ3n) is 4.61. The molecule has 2 aromatic rings. The summed E-state index contributed by atoms with van der Waals surface area (Å²) in [6.45, 7) is 5.10. The fraction of sp³-hybridized carbons (Fsp3) is 0.625. The van der Waals surface area contributed by atoms with Gasteiger partial charge in [0.1, 0.15) is 5.82 Å². The Hall–Kier alpha value is -2.18. The Morgan fingerprint density at radius 2 is 1.86 bits per heavy atom. The normalized spacial score (nSPS) is 18.4. The maximum Gasteiger partial charge on any atom is 0.490 e. The van der Waals surface area contributed by atoms with Crippen LogP contribution in [-0.4, -0.2) is 76.4 Å². The van der Waals surface area contributed by atoms with Crippen LogP contribution in [0.5, 0.6) is 0 Å². The molecular weight excluding hydrogens is 417 g/mol. The molecular formula is C16H20ClF3N6O3. The third-order valence-corrected chi connectivity index (χ3v) is 4.78. The summed E-state index contributed by atoms with van der Waals surface area (Å²) in [5.41, 5.74) is 0.841. The number of anilines is 1. The van der Waals surface area contributed by atoms with Gasteiger partial charge in [-0.2, -0.15) is 28.2 Å². The van der Waals surface area contributed by atoms with Crippen LogP contribution in [0.2, 0.25) is 5.28 Å². The van der Waals surface area contributed by atoms with Crippen LogP contribution in [0, 0.1) is 0 Å². The molecule has 0 bridgehead atoms. The zero-order valence-corrected chi connectivity index (χ0v) is 16.1. The number of carboxylic acids is 1. The number of hydrogen-bond acceptors (Lipinski definition) is 7. The number of ether oxygens (including phenoxy) is 1. The molecule has 4 heterocycles. The lowest BCUT2D eigenvalue weighted by Gasteiger charge is -2.28. The average Bonchev–Trinajstić information content (AvgIpc) is 3.12. The molecule has 2 aromatic heterocycles. The second kappa shape index (κ2) is 9.09. The first-order valence-electron chi connectivity index (χ1n) is 9.01. The van der Waals surface area contributed by atoms with Crippen LogP contribution in [0.3, 0.4) is 0 Å². The largest absolute Gasteiger partial charge is 0.490 e. The van der Waals surface area contributed by atoms with Gasteiger partial charge < -0.3 is 20.1 Å². The molecule has 0 atom stereocenters. The summed E-state index contributed by atoms with van der Waals surface area (Å²) in [4.78, 5) is 20.0. The van der Waals surface area contributed by atoms with E-state index in [0.29, 0.717) is 19.3 Å². The Morgan fingerprint density at radius 3 is 2.45 bits per heavy atom. The molecule has 2 aliphatic rings. The molecule has 2 fully saturated rings. The Morgan fingerprint density at radius 1 is 1.24 bits per heavy atom. The maximum atomic E-state index is 10.6. The number of morpholine rings is 1. The van der Waals surface area contributed by atoms with E-state index >= 15 is 0 Å². The molecule has 0 spiro atoms. The highest BCUT2D eigenvalue weighted by Crippen LogP contribution is 2.29. The van der Waals surface area contributed by atoms with E-state index in [1.165, 1.54) is 0 Å². The first-order valence-corrected chi connectivity index (χ1v) is 9.39. The number of carbonyl (C=O) groups is 1. The van der Waals surface area contributed by atoms with E-state index in [9.17, 15) is 13.2 Å². The number of alkyl halides is 3. The monoisotopic (exact) mass is 436 g/mol. The van der Waals surface area contributed by atoms with Crippen molar-refractivity contribution in [3.63, 3.8) is 0 Å². The summed E-state index contributed by atoms with van der Waals surface area (Å²) in [6, 6.07) is 0.377. The molecule has 9 nitrogen and oxygen atoms in total. The minimum Gasteiger partial charge on any atom is -0.475 e. The topological polar surface area (TPSA) is 105 Å². The van der Waals surface area contributed by atoms with Crippen molar-refractivity contribution in [3.8, 4) is 0 Å². The molecule has 2 N–H and O–H groups in total. The highest BCUT2D eigenvalue weighted by Gasteiger charge is 2.38. The molecule has 4 rings (SSSR count). The van der Waals surface area contributed by atoms with Crippen molar-refractivity contribution < 1.29 is 27.8 Å². The molecule has 29 heavy (non-hydrogen) atoms.